The van der Waals surface area contributed by atoms with Crippen molar-refractivity contribution in [3.05, 3.63) is 0 Å². The van der Waals surface area contributed by atoms with E-state index in [0.29, 0.717) is 12.5 Å². The van der Waals surface area contributed by atoms with Crippen molar-refractivity contribution in [1.82, 2.24) is 10.6 Å². The van der Waals surface area contributed by atoms with Crippen molar-refractivity contribution in [2.45, 2.75) is 52.0 Å². The van der Waals surface area contributed by atoms with Crippen molar-refractivity contribution in [3.63, 3.8) is 0 Å². The van der Waals surface area contributed by atoms with Crippen LogP contribution in [0.3, 0.4) is 0 Å². The molecule has 92 valence electrons. The third-order valence-corrected chi connectivity index (χ3v) is 2.82. The van der Waals surface area contributed by atoms with E-state index in [1.54, 1.807) is 0 Å². The fourth-order valence-electron chi connectivity index (χ4n) is 1.87. The zero-order chi connectivity index (χ0) is 12.0. The van der Waals surface area contributed by atoms with Crippen LogP contribution in [0.1, 0.15) is 46.0 Å². The highest BCUT2D eigenvalue weighted by molar-refractivity contribution is 6.35. The largest absolute Gasteiger partial charge is 0.348 e. The summed E-state index contributed by atoms with van der Waals surface area (Å²) in [5.74, 6) is -0.613. The maximum atomic E-state index is 11.5. The molecule has 0 aromatic rings. The van der Waals surface area contributed by atoms with Crippen molar-refractivity contribution in [2.24, 2.45) is 5.92 Å². The number of carbonyl (C=O) groups excluding carboxylic acids is 2. The lowest BCUT2D eigenvalue weighted by atomic mass is 9.95. The smallest absolute Gasteiger partial charge is 0.309 e. The summed E-state index contributed by atoms with van der Waals surface area (Å²) >= 11 is 0. The highest BCUT2D eigenvalue weighted by atomic mass is 16.2. The summed E-state index contributed by atoms with van der Waals surface area (Å²) in [5, 5.41) is 5.41. The van der Waals surface area contributed by atoms with Crippen molar-refractivity contribution >= 4 is 11.8 Å². The van der Waals surface area contributed by atoms with E-state index < -0.39 is 11.8 Å². The van der Waals surface area contributed by atoms with Crippen LogP contribution in [-0.2, 0) is 9.59 Å². The molecule has 0 aromatic heterocycles. The Labute approximate surface area is 97.2 Å². The summed E-state index contributed by atoms with van der Waals surface area (Å²) in [5.41, 5.74) is 0. The Hall–Kier alpha value is -1.06. The Kier molecular flexibility index (Phi) is 5.29. The third-order valence-electron chi connectivity index (χ3n) is 2.82. The summed E-state index contributed by atoms with van der Waals surface area (Å²) in [6.45, 7) is 4.55. The van der Waals surface area contributed by atoms with Gasteiger partial charge in [-0.3, -0.25) is 9.59 Å². The molecule has 2 N–H and O–H groups in total. The molecule has 1 aliphatic carbocycles. The molecule has 0 aliphatic heterocycles. The maximum absolute atomic E-state index is 11.5. The molecular weight excluding hydrogens is 204 g/mol. The van der Waals surface area contributed by atoms with Gasteiger partial charge in [0.25, 0.3) is 0 Å². The highest BCUT2D eigenvalue weighted by Gasteiger charge is 2.19. The third kappa shape index (κ3) is 4.64. The zero-order valence-electron chi connectivity index (χ0n) is 10.2. The summed E-state index contributed by atoms with van der Waals surface area (Å²) in [6.07, 6.45) is 5.55. The van der Waals surface area contributed by atoms with Gasteiger partial charge in [-0.2, -0.15) is 0 Å². The first kappa shape index (κ1) is 13.0. The van der Waals surface area contributed by atoms with Gasteiger partial charge in [-0.05, 0) is 18.8 Å². The van der Waals surface area contributed by atoms with Gasteiger partial charge in [0, 0.05) is 12.6 Å². The van der Waals surface area contributed by atoms with Crippen LogP contribution in [-0.4, -0.2) is 24.4 Å². The number of rotatable bonds is 3. The Balaban J connectivity index is 2.25. The predicted octanol–water partition coefficient (Wildman–Crippen LogP) is 1.21. The average molecular weight is 226 g/mol. The molecule has 0 atom stereocenters. The second-order valence-corrected chi connectivity index (χ2v) is 4.91. The number of carbonyl (C=O) groups is 2. The molecule has 0 heterocycles. The summed E-state index contributed by atoms with van der Waals surface area (Å²) < 4.78 is 0. The van der Waals surface area contributed by atoms with Gasteiger partial charge in [-0.25, -0.2) is 0 Å². The molecule has 1 aliphatic rings. The second-order valence-electron chi connectivity index (χ2n) is 4.91. The molecule has 0 saturated heterocycles. The van der Waals surface area contributed by atoms with Crippen molar-refractivity contribution in [1.29, 1.82) is 0 Å². The Bertz CT molecular complexity index is 245. The molecule has 0 aromatic carbocycles. The zero-order valence-corrected chi connectivity index (χ0v) is 10.2. The number of hydrogen-bond donors (Lipinski definition) is 2. The first-order valence-electron chi connectivity index (χ1n) is 6.18. The maximum Gasteiger partial charge on any atom is 0.309 e. The molecule has 0 bridgehead atoms. The highest BCUT2D eigenvalue weighted by Crippen LogP contribution is 2.17. The Morgan fingerprint density at radius 2 is 1.75 bits per heavy atom. The minimum atomic E-state index is -0.501. The first-order valence-corrected chi connectivity index (χ1v) is 6.18. The molecule has 0 radical (unpaired) electrons. The van der Waals surface area contributed by atoms with Crippen LogP contribution in [0.15, 0.2) is 0 Å². The SMILES string of the molecule is CC(C)CNC(=O)C(=O)NC1CCCCC1. The van der Waals surface area contributed by atoms with Crippen LogP contribution in [0.4, 0.5) is 0 Å². The predicted molar refractivity (Wildman–Crippen MR) is 62.9 cm³/mol. The molecule has 1 fully saturated rings. The van der Waals surface area contributed by atoms with E-state index in [2.05, 4.69) is 10.6 Å². The van der Waals surface area contributed by atoms with Gasteiger partial charge in [-0.15, -0.1) is 0 Å². The van der Waals surface area contributed by atoms with E-state index >= 15 is 0 Å². The van der Waals surface area contributed by atoms with Crippen LogP contribution in [0.25, 0.3) is 0 Å². The summed E-state index contributed by atoms with van der Waals surface area (Å²) in [6, 6.07) is 0.200. The lowest BCUT2D eigenvalue weighted by molar-refractivity contribution is -0.139. The van der Waals surface area contributed by atoms with Gasteiger partial charge in [0.05, 0.1) is 0 Å². The standard InChI is InChI=1S/C12H22N2O2/c1-9(2)8-13-11(15)12(16)14-10-6-4-3-5-7-10/h9-10H,3-8H2,1-2H3,(H,13,15)(H,14,16). The summed E-state index contributed by atoms with van der Waals surface area (Å²) in [4.78, 5) is 22.9. The molecular formula is C12H22N2O2. The summed E-state index contributed by atoms with van der Waals surface area (Å²) in [7, 11) is 0. The normalized spacial score (nSPS) is 17.2. The molecule has 1 rings (SSSR count). The van der Waals surface area contributed by atoms with Crippen LogP contribution < -0.4 is 10.6 Å². The number of nitrogens with one attached hydrogen (secondary N) is 2. The van der Waals surface area contributed by atoms with Gasteiger partial charge in [-0.1, -0.05) is 33.1 Å². The Morgan fingerprint density at radius 3 is 2.31 bits per heavy atom. The van der Waals surface area contributed by atoms with Gasteiger partial charge in [0.15, 0.2) is 0 Å². The van der Waals surface area contributed by atoms with E-state index in [-0.39, 0.29) is 6.04 Å². The molecule has 0 unspecified atom stereocenters. The minimum absolute atomic E-state index is 0.200. The quantitative estimate of drug-likeness (QED) is 0.711. The van der Waals surface area contributed by atoms with Crippen LogP contribution >= 0.6 is 0 Å². The molecule has 16 heavy (non-hydrogen) atoms. The lowest BCUT2D eigenvalue weighted by Crippen LogP contribution is -2.45. The first-order chi connectivity index (χ1) is 7.59. The Morgan fingerprint density at radius 1 is 1.12 bits per heavy atom. The fourth-order valence-corrected chi connectivity index (χ4v) is 1.87. The minimum Gasteiger partial charge on any atom is -0.348 e. The van der Waals surface area contributed by atoms with Crippen LogP contribution in [0.2, 0.25) is 0 Å². The second kappa shape index (κ2) is 6.51. The van der Waals surface area contributed by atoms with Gasteiger partial charge >= 0.3 is 11.8 Å². The number of hydrogen-bond acceptors (Lipinski definition) is 2. The van der Waals surface area contributed by atoms with Crippen molar-refractivity contribution in [2.75, 3.05) is 6.54 Å². The molecule has 4 heteroatoms. The van der Waals surface area contributed by atoms with Crippen molar-refractivity contribution in [3.8, 4) is 0 Å². The van der Waals surface area contributed by atoms with Gasteiger partial charge < -0.3 is 10.6 Å². The molecule has 1 saturated carbocycles. The fraction of sp³-hybridized carbons (Fsp3) is 0.833. The van der Waals surface area contributed by atoms with E-state index in [0.717, 1.165) is 25.7 Å². The van der Waals surface area contributed by atoms with Gasteiger partial charge in [0.1, 0.15) is 0 Å². The number of amides is 2. The monoisotopic (exact) mass is 226 g/mol. The average Bonchev–Trinajstić information content (AvgIpc) is 2.27. The van der Waals surface area contributed by atoms with E-state index in [1.807, 2.05) is 13.8 Å². The van der Waals surface area contributed by atoms with E-state index in [1.165, 1.54) is 6.42 Å². The molecule has 4 nitrogen and oxygen atoms in total. The van der Waals surface area contributed by atoms with Crippen LogP contribution in [0.5, 0.6) is 0 Å². The van der Waals surface area contributed by atoms with Gasteiger partial charge in [0.2, 0.25) is 0 Å². The molecule has 0 spiro atoms. The van der Waals surface area contributed by atoms with E-state index in [4.69, 9.17) is 0 Å². The lowest BCUT2D eigenvalue weighted by Gasteiger charge is -2.22. The van der Waals surface area contributed by atoms with Crippen molar-refractivity contribution < 1.29 is 9.59 Å². The molecule has 2 amide bonds. The van der Waals surface area contributed by atoms with E-state index in [9.17, 15) is 9.59 Å². The topological polar surface area (TPSA) is 58.2 Å². The van der Waals surface area contributed by atoms with Crippen LogP contribution in [0, 0.1) is 5.92 Å².